The molecule has 12 heteroatoms. The molecular formula is C27H32N4O7S. The topological polar surface area (TPSA) is 149 Å². The number of aryl methyl sites for hydroxylation is 1. The fraction of sp³-hybridized carbons (Fsp3) is 0.370. The summed E-state index contributed by atoms with van der Waals surface area (Å²) in [4.78, 5) is 37.1. The average molecular weight is 557 g/mol. The molecular weight excluding hydrogens is 524 g/mol. The van der Waals surface area contributed by atoms with Gasteiger partial charge in [-0.3, -0.25) is 9.78 Å². The van der Waals surface area contributed by atoms with Crippen molar-refractivity contribution < 1.29 is 32.6 Å². The van der Waals surface area contributed by atoms with Gasteiger partial charge in [-0.2, -0.15) is 0 Å². The van der Waals surface area contributed by atoms with Crippen LogP contribution in [0.1, 0.15) is 39.0 Å². The molecule has 0 fully saturated rings. The molecule has 0 saturated heterocycles. The number of sulfonamides is 1. The van der Waals surface area contributed by atoms with Gasteiger partial charge in [0, 0.05) is 11.8 Å². The van der Waals surface area contributed by atoms with Gasteiger partial charge in [-0.25, -0.2) is 23.2 Å². The Morgan fingerprint density at radius 1 is 1.10 bits per heavy atom. The van der Waals surface area contributed by atoms with E-state index in [0.29, 0.717) is 15.6 Å². The van der Waals surface area contributed by atoms with Crippen LogP contribution in [-0.2, 0) is 26.0 Å². The van der Waals surface area contributed by atoms with Gasteiger partial charge in [0.25, 0.3) is 15.9 Å². The molecule has 2 aromatic heterocycles. The summed E-state index contributed by atoms with van der Waals surface area (Å²) in [5.74, 6) is -1.50. The van der Waals surface area contributed by atoms with Crippen molar-refractivity contribution in [3.63, 3.8) is 0 Å². The van der Waals surface area contributed by atoms with Crippen molar-refractivity contribution in [2.45, 2.75) is 45.9 Å². The Morgan fingerprint density at radius 2 is 1.77 bits per heavy atom. The number of nitrogens with zero attached hydrogens (tertiary/aromatic N) is 4. The Labute approximate surface area is 227 Å². The van der Waals surface area contributed by atoms with Crippen molar-refractivity contribution >= 4 is 27.9 Å². The fourth-order valence-electron chi connectivity index (χ4n) is 3.60. The van der Waals surface area contributed by atoms with Crippen molar-refractivity contribution in [3.05, 3.63) is 60.0 Å². The number of carboxylic acids is 1. The number of methoxy groups -OCH3 is 1. The number of aromatic nitrogens is 3. The van der Waals surface area contributed by atoms with E-state index in [1.165, 1.54) is 31.6 Å². The minimum atomic E-state index is -4.64. The third kappa shape index (κ3) is 6.69. The van der Waals surface area contributed by atoms with Gasteiger partial charge in [0.1, 0.15) is 4.90 Å². The van der Waals surface area contributed by atoms with Crippen LogP contribution in [0.5, 0.6) is 5.88 Å². The number of hydrogen-bond donors (Lipinski definition) is 1. The summed E-state index contributed by atoms with van der Waals surface area (Å²) >= 11 is 0. The lowest BCUT2D eigenvalue weighted by Crippen LogP contribution is -2.39. The Kier molecular flexibility index (Phi) is 8.90. The molecule has 11 nitrogen and oxygen atoms in total. The smallest absolute Gasteiger partial charge is 0.430 e. The zero-order chi connectivity index (χ0) is 29.0. The van der Waals surface area contributed by atoms with Crippen molar-refractivity contribution in [2.75, 3.05) is 18.0 Å². The van der Waals surface area contributed by atoms with E-state index >= 15 is 0 Å². The van der Waals surface area contributed by atoms with E-state index in [1.54, 1.807) is 45.0 Å². The number of hydrogen-bond acceptors (Lipinski definition) is 9. The van der Waals surface area contributed by atoms with E-state index in [1.807, 2.05) is 13.8 Å². The first-order valence-electron chi connectivity index (χ1n) is 12.2. The highest BCUT2D eigenvalue weighted by Crippen LogP contribution is 2.34. The molecule has 2 heterocycles. The number of ether oxygens (including phenoxy) is 2. The lowest BCUT2D eigenvalue weighted by Gasteiger charge is -2.23. The largest absolute Gasteiger partial charge is 0.481 e. The van der Waals surface area contributed by atoms with E-state index in [0.717, 1.165) is 5.56 Å². The third-order valence-electron chi connectivity index (χ3n) is 5.68. The number of rotatable bonds is 10. The standard InChI is InChI=1S/C27H32N4O7S/c1-17(2)16-38-26(34)31(23-24(37-6)30-18(3)15-29-23)39(35,36)21-8-7-13-28-22(21)20-11-9-19(10-12-20)14-27(4,5)25(32)33/h7-13,15,17H,14,16H2,1-6H3,(H,32,33). The molecule has 1 N–H and O–H groups in total. The second kappa shape index (κ2) is 11.8. The number of amides is 1. The molecule has 0 radical (unpaired) electrons. The molecule has 0 saturated carbocycles. The van der Waals surface area contributed by atoms with Crippen molar-refractivity contribution in [1.82, 2.24) is 15.0 Å². The van der Waals surface area contributed by atoms with Crippen molar-refractivity contribution in [3.8, 4) is 17.1 Å². The molecule has 0 spiro atoms. The number of carbonyl (C=O) groups excluding carboxylic acids is 1. The Bertz CT molecular complexity index is 1460. The quantitative estimate of drug-likeness (QED) is 0.378. The summed E-state index contributed by atoms with van der Waals surface area (Å²) in [7, 11) is -3.35. The molecule has 0 aliphatic carbocycles. The van der Waals surface area contributed by atoms with Crippen LogP contribution < -0.4 is 9.04 Å². The first-order valence-corrected chi connectivity index (χ1v) is 13.6. The predicted octanol–water partition coefficient (Wildman–Crippen LogP) is 4.50. The van der Waals surface area contributed by atoms with Crippen LogP contribution in [0.4, 0.5) is 10.6 Å². The zero-order valence-corrected chi connectivity index (χ0v) is 23.5. The lowest BCUT2D eigenvalue weighted by molar-refractivity contribution is -0.146. The summed E-state index contributed by atoms with van der Waals surface area (Å²) in [6.07, 6.45) is 1.86. The van der Waals surface area contributed by atoms with Gasteiger partial charge < -0.3 is 14.6 Å². The van der Waals surface area contributed by atoms with E-state index in [9.17, 15) is 23.1 Å². The van der Waals surface area contributed by atoms with Crippen LogP contribution in [0.25, 0.3) is 11.3 Å². The van der Waals surface area contributed by atoms with Gasteiger partial charge in [0.2, 0.25) is 5.82 Å². The average Bonchev–Trinajstić information content (AvgIpc) is 2.88. The van der Waals surface area contributed by atoms with E-state index < -0.39 is 27.5 Å². The predicted molar refractivity (Wildman–Crippen MR) is 144 cm³/mol. The van der Waals surface area contributed by atoms with Gasteiger partial charge in [-0.15, -0.1) is 4.31 Å². The Morgan fingerprint density at radius 3 is 2.36 bits per heavy atom. The minimum Gasteiger partial charge on any atom is -0.481 e. The van der Waals surface area contributed by atoms with Crippen LogP contribution in [0, 0.1) is 18.3 Å². The molecule has 3 aromatic rings. The molecule has 39 heavy (non-hydrogen) atoms. The highest BCUT2D eigenvalue weighted by molar-refractivity contribution is 7.93. The Balaban J connectivity index is 2.12. The van der Waals surface area contributed by atoms with E-state index in [-0.39, 0.29) is 41.2 Å². The maximum absolute atomic E-state index is 14.1. The van der Waals surface area contributed by atoms with Crippen molar-refractivity contribution in [2.24, 2.45) is 11.3 Å². The summed E-state index contributed by atoms with van der Waals surface area (Å²) in [5, 5.41) is 9.44. The monoisotopic (exact) mass is 556 g/mol. The number of anilines is 1. The van der Waals surface area contributed by atoms with Crippen LogP contribution >= 0.6 is 0 Å². The second-order valence-corrected chi connectivity index (χ2v) is 11.8. The van der Waals surface area contributed by atoms with Gasteiger partial charge in [-0.05, 0) is 50.8 Å². The second-order valence-electron chi connectivity index (χ2n) is 10.00. The van der Waals surface area contributed by atoms with Crippen LogP contribution in [0.3, 0.4) is 0 Å². The molecule has 0 aliphatic heterocycles. The molecule has 3 rings (SSSR count). The Hall–Kier alpha value is -4.06. The number of aliphatic carboxylic acids is 1. The van der Waals surface area contributed by atoms with E-state index in [4.69, 9.17) is 9.47 Å². The third-order valence-corrected chi connectivity index (χ3v) is 7.36. The van der Waals surface area contributed by atoms with Gasteiger partial charge in [0.05, 0.1) is 36.7 Å². The molecule has 0 unspecified atom stereocenters. The zero-order valence-electron chi connectivity index (χ0n) is 22.7. The molecule has 208 valence electrons. The summed E-state index contributed by atoms with van der Waals surface area (Å²) in [6.45, 7) is 8.51. The summed E-state index contributed by atoms with van der Waals surface area (Å²) in [6, 6.07) is 9.51. The van der Waals surface area contributed by atoms with Crippen LogP contribution in [-0.4, -0.2) is 54.3 Å². The van der Waals surface area contributed by atoms with Gasteiger partial charge in [0.15, 0.2) is 0 Å². The van der Waals surface area contributed by atoms with Crippen molar-refractivity contribution in [1.29, 1.82) is 0 Å². The van der Waals surface area contributed by atoms with Crippen LogP contribution in [0.2, 0.25) is 0 Å². The number of carbonyl (C=O) groups is 2. The maximum atomic E-state index is 14.1. The number of carboxylic acid groups (broad SMARTS) is 1. The summed E-state index contributed by atoms with van der Waals surface area (Å²) < 4.78 is 39.2. The normalized spacial score (nSPS) is 11.8. The van der Waals surface area contributed by atoms with Gasteiger partial charge >= 0.3 is 12.1 Å². The van der Waals surface area contributed by atoms with Crippen LogP contribution in [0.15, 0.2) is 53.7 Å². The summed E-state index contributed by atoms with van der Waals surface area (Å²) in [5.41, 5.74) is 0.763. The van der Waals surface area contributed by atoms with Gasteiger partial charge in [-0.1, -0.05) is 38.1 Å². The highest BCUT2D eigenvalue weighted by atomic mass is 32.2. The molecule has 0 atom stereocenters. The SMILES string of the molecule is COc1nc(C)cnc1N(C(=O)OCC(C)C)S(=O)(=O)c1cccnc1-c1ccc(CC(C)(C)C(=O)O)cc1. The first kappa shape index (κ1) is 29.5. The highest BCUT2D eigenvalue weighted by Gasteiger charge is 2.38. The van der Waals surface area contributed by atoms with E-state index in [2.05, 4.69) is 15.0 Å². The minimum absolute atomic E-state index is 0.0273. The number of pyridine rings is 1. The molecule has 0 bridgehead atoms. The molecule has 1 amide bonds. The first-order chi connectivity index (χ1) is 18.3. The number of benzene rings is 1. The molecule has 1 aromatic carbocycles. The lowest BCUT2D eigenvalue weighted by atomic mass is 9.86. The molecule has 0 aliphatic rings. The maximum Gasteiger partial charge on any atom is 0.430 e. The fourth-order valence-corrected chi connectivity index (χ4v) is 5.06.